The van der Waals surface area contributed by atoms with E-state index in [0.717, 1.165) is 0 Å². The van der Waals surface area contributed by atoms with Gasteiger partial charge < -0.3 is 4.74 Å². The van der Waals surface area contributed by atoms with Crippen LogP contribution in [0.4, 0.5) is 4.39 Å². The van der Waals surface area contributed by atoms with Crippen molar-refractivity contribution in [1.82, 2.24) is 0 Å². The van der Waals surface area contributed by atoms with Gasteiger partial charge in [-0.15, -0.1) is 0 Å². The number of methoxy groups -OCH3 is 1. The molecule has 0 aliphatic heterocycles. The highest BCUT2D eigenvalue weighted by atomic mass is 35.5. The average Bonchev–Trinajstić information content (AvgIpc) is 2.10. The first-order valence-corrected chi connectivity index (χ1v) is 4.42. The lowest BCUT2D eigenvalue weighted by molar-refractivity contribution is 0.101. The molecule has 0 N–H and O–H groups in total. The van der Waals surface area contributed by atoms with E-state index in [1.807, 2.05) is 0 Å². The fourth-order valence-electron chi connectivity index (χ4n) is 1.09. The molecule has 4 heteroatoms. The molecule has 76 valence electrons. The van der Waals surface area contributed by atoms with Crippen LogP contribution in [0.25, 0.3) is 0 Å². The second kappa shape index (κ2) is 4.53. The van der Waals surface area contributed by atoms with Crippen molar-refractivity contribution in [2.45, 2.75) is 13.5 Å². The number of hydrogen-bond acceptors (Lipinski definition) is 2. The monoisotopic (exact) mass is 216 g/mol. The number of rotatable bonds is 3. The Morgan fingerprint density at radius 3 is 2.64 bits per heavy atom. The molecule has 14 heavy (non-hydrogen) atoms. The summed E-state index contributed by atoms with van der Waals surface area (Å²) in [6.07, 6.45) is 0. The summed E-state index contributed by atoms with van der Waals surface area (Å²) in [4.78, 5) is 11.0. The van der Waals surface area contributed by atoms with Crippen LogP contribution in [0.2, 0.25) is 5.02 Å². The van der Waals surface area contributed by atoms with E-state index in [1.54, 1.807) is 0 Å². The van der Waals surface area contributed by atoms with Gasteiger partial charge in [-0.3, -0.25) is 4.79 Å². The van der Waals surface area contributed by atoms with E-state index < -0.39 is 5.82 Å². The molecule has 1 rings (SSSR count). The van der Waals surface area contributed by atoms with Gasteiger partial charge in [-0.2, -0.15) is 0 Å². The van der Waals surface area contributed by atoms with Gasteiger partial charge in [-0.1, -0.05) is 11.6 Å². The lowest BCUT2D eigenvalue weighted by Gasteiger charge is -2.06. The standard InChI is InChI=1S/C10H10ClFO2/c1-6(13)7-3-9(11)8(5-14-2)10(12)4-7/h3-4H,5H2,1-2H3. The molecule has 1 aromatic rings. The van der Waals surface area contributed by atoms with Crippen molar-refractivity contribution in [3.63, 3.8) is 0 Å². The Hall–Kier alpha value is -0.930. The van der Waals surface area contributed by atoms with Crippen molar-refractivity contribution in [3.05, 3.63) is 34.1 Å². The highest BCUT2D eigenvalue weighted by Crippen LogP contribution is 2.22. The quantitative estimate of drug-likeness (QED) is 0.727. The number of carbonyl (C=O) groups is 1. The zero-order chi connectivity index (χ0) is 10.7. The lowest BCUT2D eigenvalue weighted by Crippen LogP contribution is -1.99. The summed E-state index contributed by atoms with van der Waals surface area (Å²) in [6, 6.07) is 2.61. The van der Waals surface area contributed by atoms with Crippen molar-refractivity contribution < 1.29 is 13.9 Å². The van der Waals surface area contributed by atoms with Crippen molar-refractivity contribution in [1.29, 1.82) is 0 Å². The van der Waals surface area contributed by atoms with Gasteiger partial charge in [-0.25, -0.2) is 4.39 Å². The van der Waals surface area contributed by atoms with Crippen molar-refractivity contribution >= 4 is 17.4 Å². The predicted molar refractivity (Wildman–Crippen MR) is 52.1 cm³/mol. The first-order valence-electron chi connectivity index (χ1n) is 4.04. The van der Waals surface area contributed by atoms with Gasteiger partial charge in [0.2, 0.25) is 0 Å². The van der Waals surface area contributed by atoms with Crippen LogP contribution in [0.5, 0.6) is 0 Å². The molecule has 0 amide bonds. The van der Waals surface area contributed by atoms with E-state index in [2.05, 4.69) is 0 Å². The van der Waals surface area contributed by atoms with Gasteiger partial charge in [0.15, 0.2) is 5.78 Å². The third kappa shape index (κ3) is 2.30. The molecule has 0 aliphatic carbocycles. The van der Waals surface area contributed by atoms with Gasteiger partial charge in [0.1, 0.15) is 5.82 Å². The molecule has 0 radical (unpaired) electrons. The fourth-order valence-corrected chi connectivity index (χ4v) is 1.35. The summed E-state index contributed by atoms with van der Waals surface area (Å²) < 4.78 is 18.1. The second-order valence-corrected chi connectivity index (χ2v) is 3.31. The van der Waals surface area contributed by atoms with Gasteiger partial charge in [0.25, 0.3) is 0 Å². The lowest BCUT2D eigenvalue weighted by atomic mass is 10.1. The number of halogens is 2. The molecular formula is C10H10ClFO2. The summed E-state index contributed by atoms with van der Waals surface area (Å²) in [5.74, 6) is -0.723. The smallest absolute Gasteiger partial charge is 0.159 e. The molecule has 0 bridgehead atoms. The van der Waals surface area contributed by atoms with Crippen LogP contribution < -0.4 is 0 Å². The SMILES string of the molecule is COCc1c(F)cc(C(C)=O)cc1Cl. The fraction of sp³-hybridized carbons (Fsp3) is 0.300. The normalized spacial score (nSPS) is 10.3. The van der Waals surface area contributed by atoms with Gasteiger partial charge in [0, 0.05) is 23.3 Å². The van der Waals surface area contributed by atoms with Crippen molar-refractivity contribution in [2.75, 3.05) is 7.11 Å². The zero-order valence-corrected chi connectivity index (χ0v) is 8.69. The molecule has 0 aromatic heterocycles. The number of benzene rings is 1. The molecule has 0 spiro atoms. The van der Waals surface area contributed by atoms with Crippen LogP contribution in [-0.4, -0.2) is 12.9 Å². The first kappa shape index (κ1) is 11.1. The minimum Gasteiger partial charge on any atom is -0.380 e. The number of hydrogen-bond donors (Lipinski definition) is 0. The van der Waals surface area contributed by atoms with E-state index in [9.17, 15) is 9.18 Å². The van der Waals surface area contributed by atoms with Crippen molar-refractivity contribution in [2.24, 2.45) is 0 Å². The van der Waals surface area contributed by atoms with Gasteiger partial charge in [0.05, 0.1) is 6.61 Å². The van der Waals surface area contributed by atoms with E-state index in [4.69, 9.17) is 16.3 Å². The number of carbonyl (C=O) groups excluding carboxylic acids is 1. The number of Topliss-reactive ketones (excluding diaryl/α,β-unsaturated/α-hetero) is 1. The van der Waals surface area contributed by atoms with E-state index in [1.165, 1.54) is 26.2 Å². The van der Waals surface area contributed by atoms with Crippen LogP contribution in [0.15, 0.2) is 12.1 Å². The first-order chi connectivity index (χ1) is 6.56. The Bertz CT molecular complexity index is 340. The maximum Gasteiger partial charge on any atom is 0.159 e. The van der Waals surface area contributed by atoms with Crippen LogP contribution in [-0.2, 0) is 11.3 Å². The third-order valence-electron chi connectivity index (χ3n) is 1.84. The molecule has 0 aliphatic rings. The van der Waals surface area contributed by atoms with Crippen molar-refractivity contribution in [3.8, 4) is 0 Å². The predicted octanol–water partition coefficient (Wildman–Crippen LogP) is 2.83. The summed E-state index contributed by atoms with van der Waals surface area (Å²) in [6.45, 7) is 1.46. The second-order valence-electron chi connectivity index (χ2n) is 2.91. The highest BCUT2D eigenvalue weighted by molar-refractivity contribution is 6.31. The highest BCUT2D eigenvalue weighted by Gasteiger charge is 2.11. The zero-order valence-electron chi connectivity index (χ0n) is 7.93. The Morgan fingerprint density at radius 2 is 2.21 bits per heavy atom. The van der Waals surface area contributed by atoms with Crippen LogP contribution in [0.3, 0.4) is 0 Å². The minimum atomic E-state index is -0.510. The largest absolute Gasteiger partial charge is 0.380 e. The molecule has 0 atom stereocenters. The molecule has 0 unspecified atom stereocenters. The number of ether oxygens (including phenoxy) is 1. The van der Waals surface area contributed by atoms with E-state index >= 15 is 0 Å². The maximum atomic E-state index is 13.3. The molecular weight excluding hydrogens is 207 g/mol. The van der Waals surface area contributed by atoms with E-state index in [0.29, 0.717) is 0 Å². The molecule has 2 nitrogen and oxygen atoms in total. The third-order valence-corrected chi connectivity index (χ3v) is 2.17. The number of ketones is 1. The summed E-state index contributed by atoms with van der Waals surface area (Å²) in [5.41, 5.74) is 0.548. The summed E-state index contributed by atoms with van der Waals surface area (Å²) >= 11 is 5.79. The topological polar surface area (TPSA) is 26.3 Å². The molecule has 0 heterocycles. The summed E-state index contributed by atoms with van der Waals surface area (Å²) in [5, 5.41) is 0.219. The van der Waals surface area contributed by atoms with E-state index in [-0.39, 0.29) is 28.5 Å². The van der Waals surface area contributed by atoms with Gasteiger partial charge >= 0.3 is 0 Å². The molecule has 0 fully saturated rings. The molecule has 1 aromatic carbocycles. The maximum absolute atomic E-state index is 13.3. The van der Waals surface area contributed by atoms with Crippen LogP contribution in [0, 0.1) is 5.82 Å². The Labute approximate surface area is 86.6 Å². The Morgan fingerprint density at radius 1 is 1.57 bits per heavy atom. The van der Waals surface area contributed by atoms with Crippen LogP contribution in [0.1, 0.15) is 22.8 Å². The Kier molecular flexibility index (Phi) is 3.61. The summed E-state index contributed by atoms with van der Waals surface area (Å²) in [7, 11) is 1.45. The average molecular weight is 217 g/mol. The molecule has 0 saturated carbocycles. The molecule has 0 saturated heterocycles. The van der Waals surface area contributed by atoms with Crippen LogP contribution >= 0.6 is 11.6 Å². The van der Waals surface area contributed by atoms with Gasteiger partial charge in [-0.05, 0) is 19.1 Å². The Balaban J connectivity index is 3.18. The minimum absolute atomic E-state index is 0.100.